The van der Waals surface area contributed by atoms with Crippen LogP contribution >= 0.6 is 0 Å². The molecule has 1 aliphatic rings. The van der Waals surface area contributed by atoms with E-state index in [0.717, 1.165) is 12.8 Å². The predicted octanol–water partition coefficient (Wildman–Crippen LogP) is 2.46. The Bertz CT molecular complexity index is 532. The van der Waals surface area contributed by atoms with E-state index in [9.17, 15) is 14.4 Å². The topological polar surface area (TPSA) is 91.7 Å². The van der Waals surface area contributed by atoms with Crippen molar-refractivity contribution in [3.8, 4) is 0 Å². The van der Waals surface area contributed by atoms with E-state index in [2.05, 4.69) is 0 Å². The van der Waals surface area contributed by atoms with Crippen molar-refractivity contribution in [2.45, 2.75) is 25.7 Å². The molecule has 0 amide bonds. The van der Waals surface area contributed by atoms with Gasteiger partial charge in [0.1, 0.15) is 0 Å². The van der Waals surface area contributed by atoms with Crippen LogP contribution in [0.4, 0.5) is 0 Å². The van der Waals surface area contributed by atoms with Crippen LogP contribution < -0.4 is 0 Å². The Kier molecular flexibility index (Phi) is 4.17. The van der Waals surface area contributed by atoms with Crippen molar-refractivity contribution < 1.29 is 24.6 Å². The van der Waals surface area contributed by atoms with Crippen LogP contribution in [0.15, 0.2) is 24.3 Å². The monoisotopic (exact) mass is 276 g/mol. The van der Waals surface area contributed by atoms with Crippen molar-refractivity contribution >= 4 is 17.7 Å². The number of hydrogen-bond donors (Lipinski definition) is 2. The summed E-state index contributed by atoms with van der Waals surface area (Å²) in [4.78, 5) is 33.9. The molecule has 2 N–H and O–H groups in total. The van der Waals surface area contributed by atoms with Gasteiger partial charge >= 0.3 is 11.9 Å². The van der Waals surface area contributed by atoms with E-state index in [1.54, 1.807) is 0 Å². The number of carboxylic acid groups (broad SMARTS) is 2. The molecule has 0 bridgehead atoms. The number of carbonyl (C=O) groups excluding carboxylic acids is 1. The van der Waals surface area contributed by atoms with Gasteiger partial charge in [-0.15, -0.1) is 0 Å². The number of aromatic carboxylic acids is 1. The van der Waals surface area contributed by atoms with Gasteiger partial charge in [0.2, 0.25) is 0 Å². The first-order valence-electron chi connectivity index (χ1n) is 6.58. The van der Waals surface area contributed by atoms with Gasteiger partial charge in [0.05, 0.1) is 5.56 Å². The summed E-state index contributed by atoms with van der Waals surface area (Å²) in [5, 5.41) is 17.7. The van der Waals surface area contributed by atoms with E-state index in [0.29, 0.717) is 12.0 Å². The van der Waals surface area contributed by atoms with Crippen LogP contribution in [0.3, 0.4) is 0 Å². The molecule has 0 saturated heterocycles. The van der Waals surface area contributed by atoms with Crippen molar-refractivity contribution in [3.63, 3.8) is 0 Å². The van der Waals surface area contributed by atoms with Crippen molar-refractivity contribution in [1.29, 1.82) is 0 Å². The van der Waals surface area contributed by atoms with Crippen LogP contribution in [0.25, 0.3) is 0 Å². The Morgan fingerprint density at radius 3 is 2.15 bits per heavy atom. The minimum atomic E-state index is -1.03. The minimum Gasteiger partial charge on any atom is -0.481 e. The molecule has 1 aliphatic carbocycles. The van der Waals surface area contributed by atoms with E-state index >= 15 is 0 Å². The third kappa shape index (κ3) is 3.04. The molecule has 0 aliphatic heterocycles. The molecular formula is C15H16O5. The molecule has 0 spiro atoms. The van der Waals surface area contributed by atoms with Crippen molar-refractivity contribution in [3.05, 3.63) is 35.4 Å². The zero-order valence-electron chi connectivity index (χ0n) is 10.9. The van der Waals surface area contributed by atoms with Crippen LogP contribution in [0, 0.1) is 11.8 Å². The molecule has 1 aromatic carbocycles. The van der Waals surface area contributed by atoms with Crippen LogP contribution in [0.2, 0.25) is 0 Å². The van der Waals surface area contributed by atoms with E-state index in [-0.39, 0.29) is 29.6 Å². The Morgan fingerprint density at radius 2 is 1.60 bits per heavy atom. The fraction of sp³-hybridized carbons (Fsp3) is 0.400. The van der Waals surface area contributed by atoms with Crippen molar-refractivity contribution in [2.24, 2.45) is 11.8 Å². The molecule has 0 aromatic heterocycles. The average Bonchev–Trinajstić information content (AvgIpc) is 2.85. The third-order valence-corrected chi connectivity index (χ3v) is 3.85. The Hall–Kier alpha value is -2.17. The summed E-state index contributed by atoms with van der Waals surface area (Å²) in [5.74, 6) is -2.36. The summed E-state index contributed by atoms with van der Waals surface area (Å²) in [6, 6.07) is 5.80. The van der Waals surface area contributed by atoms with E-state index in [1.165, 1.54) is 24.3 Å². The number of ketones is 1. The Morgan fingerprint density at radius 1 is 1.00 bits per heavy atom. The lowest BCUT2D eigenvalue weighted by atomic mass is 9.86. The molecule has 2 rings (SSSR count). The quantitative estimate of drug-likeness (QED) is 0.806. The fourth-order valence-electron chi connectivity index (χ4n) is 2.84. The van der Waals surface area contributed by atoms with Gasteiger partial charge < -0.3 is 10.2 Å². The summed E-state index contributed by atoms with van der Waals surface area (Å²) >= 11 is 0. The number of benzene rings is 1. The maximum absolute atomic E-state index is 12.4. The van der Waals surface area contributed by atoms with Gasteiger partial charge in [-0.1, -0.05) is 18.6 Å². The molecule has 20 heavy (non-hydrogen) atoms. The standard InChI is InChI=1S/C15H16O5/c16-13(17)8-11-2-1-3-12(11)14(18)9-4-6-10(7-5-9)15(19)20/h4-7,11-12H,1-3,8H2,(H,16,17)(H,19,20)/t11-,12+/m0/s1. The van der Waals surface area contributed by atoms with Gasteiger partial charge in [0, 0.05) is 17.9 Å². The SMILES string of the molecule is O=C(O)C[C@@H]1CCC[C@H]1C(=O)c1ccc(C(=O)O)cc1. The highest BCUT2D eigenvalue weighted by molar-refractivity contribution is 5.99. The fourth-order valence-corrected chi connectivity index (χ4v) is 2.84. The number of rotatable bonds is 5. The highest BCUT2D eigenvalue weighted by Crippen LogP contribution is 2.36. The van der Waals surface area contributed by atoms with Gasteiger partial charge in [-0.2, -0.15) is 0 Å². The first kappa shape index (κ1) is 14.2. The molecule has 0 radical (unpaired) electrons. The van der Waals surface area contributed by atoms with E-state index < -0.39 is 11.9 Å². The summed E-state index contributed by atoms with van der Waals surface area (Å²) in [6.07, 6.45) is 2.35. The van der Waals surface area contributed by atoms with E-state index in [4.69, 9.17) is 10.2 Å². The summed E-state index contributed by atoms with van der Waals surface area (Å²) in [5.41, 5.74) is 0.590. The summed E-state index contributed by atoms with van der Waals surface area (Å²) < 4.78 is 0. The molecular weight excluding hydrogens is 260 g/mol. The van der Waals surface area contributed by atoms with Crippen molar-refractivity contribution in [1.82, 2.24) is 0 Å². The zero-order chi connectivity index (χ0) is 14.7. The Labute approximate surface area is 116 Å². The number of hydrogen-bond acceptors (Lipinski definition) is 3. The maximum Gasteiger partial charge on any atom is 0.335 e. The lowest BCUT2D eigenvalue weighted by molar-refractivity contribution is -0.138. The number of carboxylic acids is 2. The number of Topliss-reactive ketones (excluding diaryl/α,β-unsaturated/α-hetero) is 1. The molecule has 1 aromatic rings. The highest BCUT2D eigenvalue weighted by atomic mass is 16.4. The Balaban J connectivity index is 2.13. The first-order chi connectivity index (χ1) is 9.49. The lowest BCUT2D eigenvalue weighted by Crippen LogP contribution is -2.21. The molecule has 1 saturated carbocycles. The average molecular weight is 276 g/mol. The zero-order valence-corrected chi connectivity index (χ0v) is 10.9. The molecule has 106 valence electrons. The van der Waals surface area contributed by atoms with Gasteiger partial charge in [-0.25, -0.2) is 4.79 Å². The third-order valence-electron chi connectivity index (χ3n) is 3.85. The van der Waals surface area contributed by atoms with Crippen LogP contribution in [-0.2, 0) is 4.79 Å². The highest BCUT2D eigenvalue weighted by Gasteiger charge is 2.34. The van der Waals surface area contributed by atoms with Gasteiger partial charge in [0.25, 0.3) is 0 Å². The van der Waals surface area contributed by atoms with Crippen LogP contribution in [-0.4, -0.2) is 27.9 Å². The molecule has 2 atom stereocenters. The maximum atomic E-state index is 12.4. The van der Waals surface area contributed by atoms with Gasteiger partial charge in [0.15, 0.2) is 5.78 Å². The molecule has 5 heteroatoms. The lowest BCUT2D eigenvalue weighted by Gasteiger charge is -2.16. The van der Waals surface area contributed by atoms with Crippen LogP contribution in [0.1, 0.15) is 46.4 Å². The largest absolute Gasteiger partial charge is 0.481 e. The molecule has 0 heterocycles. The normalized spacial score (nSPS) is 21.6. The summed E-state index contributed by atoms with van der Waals surface area (Å²) in [7, 11) is 0. The van der Waals surface area contributed by atoms with E-state index in [1.807, 2.05) is 0 Å². The smallest absolute Gasteiger partial charge is 0.335 e. The molecule has 5 nitrogen and oxygen atoms in total. The van der Waals surface area contributed by atoms with Crippen LogP contribution in [0.5, 0.6) is 0 Å². The van der Waals surface area contributed by atoms with Crippen molar-refractivity contribution in [2.75, 3.05) is 0 Å². The van der Waals surface area contributed by atoms with Gasteiger partial charge in [-0.3, -0.25) is 9.59 Å². The molecule has 0 unspecified atom stereocenters. The first-order valence-corrected chi connectivity index (χ1v) is 6.58. The summed E-state index contributed by atoms with van der Waals surface area (Å²) in [6.45, 7) is 0. The number of aliphatic carboxylic acids is 1. The second-order valence-electron chi connectivity index (χ2n) is 5.14. The minimum absolute atomic E-state index is 0.0175. The molecule has 1 fully saturated rings. The predicted molar refractivity (Wildman–Crippen MR) is 70.8 cm³/mol. The van der Waals surface area contributed by atoms with Gasteiger partial charge in [-0.05, 0) is 30.9 Å². The second-order valence-corrected chi connectivity index (χ2v) is 5.14. The number of carbonyl (C=O) groups is 3. The second kappa shape index (κ2) is 5.86.